The maximum absolute atomic E-state index is 12.5. The lowest BCUT2D eigenvalue weighted by Crippen LogP contribution is -2.45. The zero-order valence-electron chi connectivity index (χ0n) is 13.8. The van der Waals surface area contributed by atoms with Crippen LogP contribution in [-0.2, 0) is 9.53 Å². The molecule has 0 aliphatic carbocycles. The van der Waals surface area contributed by atoms with Crippen LogP contribution in [0.25, 0.3) is 0 Å². The van der Waals surface area contributed by atoms with Gasteiger partial charge in [-0.25, -0.2) is 9.78 Å². The first kappa shape index (κ1) is 17.7. The van der Waals surface area contributed by atoms with Crippen LogP contribution in [0.5, 0.6) is 0 Å². The number of likely N-dealkylation sites (tertiary alicyclic amines) is 1. The predicted octanol–water partition coefficient (Wildman–Crippen LogP) is 3.43. The van der Waals surface area contributed by atoms with E-state index >= 15 is 0 Å². The maximum Gasteiger partial charge on any atom is 0.410 e. The second-order valence-electron chi connectivity index (χ2n) is 6.82. The van der Waals surface area contributed by atoms with E-state index in [0.29, 0.717) is 23.4 Å². The highest BCUT2D eigenvalue weighted by Crippen LogP contribution is 2.26. The lowest BCUT2D eigenvalue weighted by molar-refractivity contribution is -0.120. The monoisotopic (exact) mass is 383 g/mol. The van der Waals surface area contributed by atoms with Gasteiger partial charge in [0.15, 0.2) is 0 Å². The molecule has 1 aliphatic rings. The molecule has 1 N–H and O–H groups in total. The maximum atomic E-state index is 12.5. The molecule has 2 heterocycles. The van der Waals surface area contributed by atoms with Crippen LogP contribution in [0.3, 0.4) is 0 Å². The first-order valence-electron chi connectivity index (χ1n) is 7.59. The van der Waals surface area contributed by atoms with E-state index < -0.39 is 17.7 Å². The number of amides is 2. The second-order valence-corrected chi connectivity index (χ2v) is 7.64. The summed E-state index contributed by atoms with van der Waals surface area (Å²) in [5, 5.41) is 2.76. The van der Waals surface area contributed by atoms with Crippen LogP contribution in [0.15, 0.2) is 22.8 Å². The normalized spacial score (nSPS) is 21.2. The molecule has 0 spiro atoms. The molecule has 0 bridgehead atoms. The highest BCUT2D eigenvalue weighted by molar-refractivity contribution is 9.10. The molecule has 0 unspecified atom stereocenters. The summed E-state index contributed by atoms with van der Waals surface area (Å²) in [6.45, 7) is 7.96. The average molecular weight is 384 g/mol. The number of anilines is 1. The molecule has 6 nitrogen and oxygen atoms in total. The topological polar surface area (TPSA) is 71.5 Å². The van der Waals surface area contributed by atoms with Gasteiger partial charge in [-0.05, 0) is 61.2 Å². The minimum absolute atomic E-state index is 0.244. The molecule has 1 aliphatic heterocycles. The number of carbonyl (C=O) groups is 2. The Hall–Kier alpha value is -1.63. The van der Waals surface area contributed by atoms with Gasteiger partial charge in [0.25, 0.3) is 0 Å². The molecule has 2 amide bonds. The summed E-state index contributed by atoms with van der Waals surface area (Å²) in [7, 11) is 0. The van der Waals surface area contributed by atoms with Gasteiger partial charge in [0.05, 0.1) is 0 Å². The summed E-state index contributed by atoms with van der Waals surface area (Å²) in [6.07, 6.45) is 0.156. The molecule has 23 heavy (non-hydrogen) atoms. The molecular weight excluding hydrogens is 362 g/mol. The molecule has 2 atom stereocenters. The van der Waals surface area contributed by atoms with E-state index in [-0.39, 0.29) is 11.8 Å². The van der Waals surface area contributed by atoms with Crippen LogP contribution in [-0.4, -0.2) is 40.1 Å². The Morgan fingerprint density at radius 3 is 2.70 bits per heavy atom. The van der Waals surface area contributed by atoms with Gasteiger partial charge in [-0.1, -0.05) is 13.0 Å². The van der Waals surface area contributed by atoms with Crippen molar-refractivity contribution < 1.29 is 14.3 Å². The molecule has 0 radical (unpaired) electrons. The summed E-state index contributed by atoms with van der Waals surface area (Å²) in [5.74, 6) is 0.451. The van der Waals surface area contributed by atoms with Crippen molar-refractivity contribution in [1.82, 2.24) is 9.88 Å². The van der Waals surface area contributed by atoms with Crippen LogP contribution in [0, 0.1) is 5.92 Å². The molecular formula is C16H22BrN3O3. The van der Waals surface area contributed by atoms with Gasteiger partial charge in [-0.3, -0.25) is 9.69 Å². The van der Waals surface area contributed by atoms with Gasteiger partial charge >= 0.3 is 6.09 Å². The quantitative estimate of drug-likeness (QED) is 0.794. The van der Waals surface area contributed by atoms with E-state index in [9.17, 15) is 9.59 Å². The average Bonchev–Trinajstić information content (AvgIpc) is 2.79. The first-order valence-corrected chi connectivity index (χ1v) is 8.38. The van der Waals surface area contributed by atoms with Crippen molar-refractivity contribution in [3.63, 3.8) is 0 Å². The van der Waals surface area contributed by atoms with E-state index in [1.54, 1.807) is 18.2 Å². The summed E-state index contributed by atoms with van der Waals surface area (Å²) >= 11 is 3.27. The smallest absolute Gasteiger partial charge is 0.410 e. The number of aromatic nitrogens is 1. The third kappa shape index (κ3) is 4.92. The fraction of sp³-hybridized carbons (Fsp3) is 0.562. The molecule has 1 aromatic heterocycles. The van der Waals surface area contributed by atoms with Gasteiger partial charge in [-0.15, -0.1) is 0 Å². The number of ether oxygens (including phenoxy) is 1. The molecule has 2 rings (SSSR count). The summed E-state index contributed by atoms with van der Waals surface area (Å²) in [5.41, 5.74) is -0.588. The van der Waals surface area contributed by atoms with Gasteiger partial charge in [0.1, 0.15) is 22.1 Å². The highest BCUT2D eigenvalue weighted by atomic mass is 79.9. The Kier molecular flexibility index (Phi) is 5.29. The van der Waals surface area contributed by atoms with E-state index in [2.05, 4.69) is 26.2 Å². The van der Waals surface area contributed by atoms with Crippen molar-refractivity contribution in [2.75, 3.05) is 11.9 Å². The van der Waals surface area contributed by atoms with Crippen molar-refractivity contribution >= 4 is 33.7 Å². The molecule has 126 valence electrons. The third-order valence-corrected chi connectivity index (χ3v) is 3.85. The largest absolute Gasteiger partial charge is 0.444 e. The number of rotatable bonds is 2. The van der Waals surface area contributed by atoms with Crippen molar-refractivity contribution in [2.24, 2.45) is 5.92 Å². The fourth-order valence-electron chi connectivity index (χ4n) is 2.50. The zero-order chi connectivity index (χ0) is 17.2. The van der Waals surface area contributed by atoms with Crippen LogP contribution in [0.1, 0.15) is 34.1 Å². The van der Waals surface area contributed by atoms with Crippen LogP contribution < -0.4 is 5.32 Å². The number of hydrogen-bond acceptors (Lipinski definition) is 4. The SMILES string of the molecule is C[C@@H]1C[C@H](C(=O)Nc2cccc(Br)n2)N(C(=O)OC(C)(C)C)C1. The van der Waals surface area contributed by atoms with Crippen molar-refractivity contribution in [1.29, 1.82) is 0 Å². The van der Waals surface area contributed by atoms with Crippen LogP contribution >= 0.6 is 15.9 Å². The Labute approximate surface area is 144 Å². The highest BCUT2D eigenvalue weighted by Gasteiger charge is 2.39. The number of carbonyl (C=O) groups excluding carboxylic acids is 2. The lowest BCUT2D eigenvalue weighted by Gasteiger charge is -2.28. The van der Waals surface area contributed by atoms with Gasteiger partial charge in [0.2, 0.25) is 5.91 Å². The van der Waals surface area contributed by atoms with E-state index in [1.165, 1.54) is 4.90 Å². The van der Waals surface area contributed by atoms with Crippen molar-refractivity contribution in [3.05, 3.63) is 22.8 Å². The van der Waals surface area contributed by atoms with E-state index in [0.717, 1.165) is 0 Å². The first-order chi connectivity index (χ1) is 10.7. The predicted molar refractivity (Wildman–Crippen MR) is 91.1 cm³/mol. The van der Waals surface area contributed by atoms with Crippen LogP contribution in [0.4, 0.5) is 10.6 Å². The molecule has 1 fully saturated rings. The Balaban J connectivity index is 2.09. The van der Waals surface area contributed by atoms with Gasteiger partial charge < -0.3 is 10.1 Å². The zero-order valence-corrected chi connectivity index (χ0v) is 15.4. The van der Waals surface area contributed by atoms with Gasteiger partial charge in [0, 0.05) is 6.54 Å². The molecule has 0 aromatic carbocycles. The number of nitrogens with zero attached hydrogens (tertiary/aromatic N) is 2. The Morgan fingerprint density at radius 2 is 2.09 bits per heavy atom. The minimum atomic E-state index is -0.588. The number of pyridine rings is 1. The van der Waals surface area contributed by atoms with E-state index in [1.807, 2.05) is 27.7 Å². The summed E-state index contributed by atoms with van der Waals surface area (Å²) in [4.78, 5) is 30.6. The van der Waals surface area contributed by atoms with Crippen LogP contribution in [0.2, 0.25) is 0 Å². The third-order valence-electron chi connectivity index (χ3n) is 3.41. The number of halogens is 1. The summed E-state index contributed by atoms with van der Waals surface area (Å²) in [6, 6.07) is 4.73. The van der Waals surface area contributed by atoms with Gasteiger partial charge in [-0.2, -0.15) is 0 Å². The fourth-order valence-corrected chi connectivity index (χ4v) is 2.85. The Morgan fingerprint density at radius 1 is 1.39 bits per heavy atom. The number of hydrogen-bond donors (Lipinski definition) is 1. The molecule has 1 saturated heterocycles. The summed E-state index contributed by atoms with van der Waals surface area (Å²) < 4.78 is 6.04. The molecule has 7 heteroatoms. The Bertz CT molecular complexity index is 600. The molecule has 0 saturated carbocycles. The number of nitrogens with one attached hydrogen (secondary N) is 1. The second kappa shape index (κ2) is 6.86. The van der Waals surface area contributed by atoms with E-state index in [4.69, 9.17) is 4.74 Å². The van der Waals surface area contributed by atoms with Crippen molar-refractivity contribution in [2.45, 2.75) is 45.8 Å². The standard InChI is InChI=1S/C16H22BrN3O3/c1-10-8-11(20(9-10)15(22)23-16(2,3)4)14(21)19-13-7-5-6-12(17)18-13/h5-7,10-11H,8-9H2,1-4H3,(H,18,19,21)/t10-,11-/m1/s1. The minimum Gasteiger partial charge on any atom is -0.444 e. The molecule has 1 aromatic rings. The van der Waals surface area contributed by atoms with Crippen molar-refractivity contribution in [3.8, 4) is 0 Å². The lowest BCUT2D eigenvalue weighted by atomic mass is 10.1.